The highest BCUT2D eigenvalue weighted by Crippen LogP contribution is 2.32. The van der Waals surface area contributed by atoms with Crippen LogP contribution in [-0.4, -0.2) is 40.6 Å². The van der Waals surface area contributed by atoms with Crippen LogP contribution >= 0.6 is 0 Å². The molecule has 0 radical (unpaired) electrons. The monoisotopic (exact) mass is 226 g/mol. The molecule has 0 heterocycles. The van der Waals surface area contributed by atoms with Crippen molar-refractivity contribution in [3.05, 3.63) is 12.7 Å². The first-order valence-corrected chi connectivity index (χ1v) is 5.47. The molecule has 1 aliphatic rings. The number of likely N-dealkylation sites (N-methyl/N-ethyl adjacent to an activating group) is 1. The lowest BCUT2D eigenvalue weighted by atomic mass is 9.77. The van der Waals surface area contributed by atoms with Crippen LogP contribution in [0.2, 0.25) is 0 Å². The van der Waals surface area contributed by atoms with Gasteiger partial charge in [0.15, 0.2) is 0 Å². The highest BCUT2D eigenvalue weighted by atomic mass is 16.4. The van der Waals surface area contributed by atoms with Crippen LogP contribution in [-0.2, 0) is 4.79 Å². The summed E-state index contributed by atoms with van der Waals surface area (Å²) in [5.41, 5.74) is -1.04. The Labute approximate surface area is 95.1 Å². The smallest absolute Gasteiger partial charge is 0.329 e. The van der Waals surface area contributed by atoms with E-state index in [9.17, 15) is 9.59 Å². The van der Waals surface area contributed by atoms with Gasteiger partial charge in [-0.2, -0.15) is 0 Å². The lowest BCUT2D eigenvalue weighted by Gasteiger charge is -2.39. The molecule has 90 valence electrons. The second kappa shape index (κ2) is 5.01. The Morgan fingerprint density at radius 2 is 2.19 bits per heavy atom. The molecule has 2 N–H and O–H groups in total. The van der Waals surface area contributed by atoms with Crippen LogP contribution in [0.5, 0.6) is 0 Å². The number of rotatable bonds is 5. The predicted octanol–water partition coefficient (Wildman–Crippen LogP) is 1.21. The summed E-state index contributed by atoms with van der Waals surface area (Å²) in [6.07, 6.45) is 3.50. The van der Waals surface area contributed by atoms with E-state index in [1.54, 1.807) is 6.08 Å². The average Bonchev–Trinajstić information content (AvgIpc) is 2.18. The summed E-state index contributed by atoms with van der Waals surface area (Å²) < 4.78 is 0. The predicted molar refractivity (Wildman–Crippen MR) is 60.2 cm³/mol. The zero-order valence-corrected chi connectivity index (χ0v) is 9.53. The molecule has 0 aromatic carbocycles. The van der Waals surface area contributed by atoms with E-state index in [4.69, 9.17) is 5.11 Å². The summed E-state index contributed by atoms with van der Waals surface area (Å²) >= 11 is 0. The SMILES string of the molecule is C=CCN(CC)C(=O)NC1(C(=O)O)CCC1. The first-order chi connectivity index (χ1) is 7.55. The third kappa shape index (κ3) is 2.35. The molecule has 0 spiro atoms. The van der Waals surface area contributed by atoms with Gasteiger partial charge in [0.1, 0.15) is 5.54 Å². The highest BCUT2D eigenvalue weighted by Gasteiger charge is 2.46. The molecule has 5 heteroatoms. The maximum absolute atomic E-state index is 11.8. The molecule has 0 bridgehead atoms. The highest BCUT2D eigenvalue weighted by molar-refractivity contribution is 5.87. The van der Waals surface area contributed by atoms with E-state index < -0.39 is 11.5 Å². The number of amides is 2. The molecular formula is C11H18N2O3. The van der Waals surface area contributed by atoms with Crippen molar-refractivity contribution in [2.24, 2.45) is 0 Å². The Bertz CT molecular complexity index is 298. The van der Waals surface area contributed by atoms with Crippen molar-refractivity contribution in [3.63, 3.8) is 0 Å². The number of nitrogens with one attached hydrogen (secondary N) is 1. The summed E-state index contributed by atoms with van der Waals surface area (Å²) in [4.78, 5) is 24.4. The molecular weight excluding hydrogens is 208 g/mol. The topological polar surface area (TPSA) is 69.6 Å². The molecule has 0 unspecified atom stereocenters. The number of carbonyl (C=O) groups excluding carboxylic acids is 1. The van der Waals surface area contributed by atoms with Gasteiger partial charge in [-0.15, -0.1) is 6.58 Å². The van der Waals surface area contributed by atoms with Gasteiger partial charge >= 0.3 is 12.0 Å². The molecule has 0 aliphatic heterocycles. The Hall–Kier alpha value is -1.52. The molecule has 1 fully saturated rings. The quantitative estimate of drug-likeness (QED) is 0.692. The fourth-order valence-electron chi connectivity index (χ4n) is 1.72. The summed E-state index contributed by atoms with van der Waals surface area (Å²) in [7, 11) is 0. The molecule has 1 rings (SSSR count). The normalized spacial score (nSPS) is 17.1. The molecule has 5 nitrogen and oxygen atoms in total. The molecule has 0 atom stereocenters. The van der Waals surface area contributed by atoms with Gasteiger partial charge in [-0.05, 0) is 26.2 Å². The van der Waals surface area contributed by atoms with E-state index in [2.05, 4.69) is 11.9 Å². The van der Waals surface area contributed by atoms with Crippen LogP contribution in [0.25, 0.3) is 0 Å². The summed E-state index contributed by atoms with van der Waals surface area (Å²) in [5.74, 6) is -0.943. The zero-order valence-electron chi connectivity index (χ0n) is 9.53. The second-order valence-electron chi connectivity index (χ2n) is 4.00. The van der Waals surface area contributed by atoms with Crippen molar-refractivity contribution >= 4 is 12.0 Å². The fourth-order valence-corrected chi connectivity index (χ4v) is 1.72. The van der Waals surface area contributed by atoms with Gasteiger partial charge in [0.2, 0.25) is 0 Å². The minimum Gasteiger partial charge on any atom is -0.480 e. The molecule has 2 amide bonds. The van der Waals surface area contributed by atoms with Crippen LogP contribution in [0.4, 0.5) is 4.79 Å². The van der Waals surface area contributed by atoms with Crippen LogP contribution < -0.4 is 5.32 Å². The molecule has 16 heavy (non-hydrogen) atoms. The molecule has 1 saturated carbocycles. The standard InChI is InChI=1S/C11H18N2O3/c1-3-8-13(4-2)10(16)12-11(9(14)15)6-5-7-11/h3H,1,4-8H2,2H3,(H,12,16)(H,14,15). The third-order valence-corrected chi connectivity index (χ3v) is 2.98. The Balaban J connectivity index is 2.61. The molecule has 1 aliphatic carbocycles. The molecule has 0 aromatic rings. The Kier molecular flexibility index (Phi) is 3.93. The maximum Gasteiger partial charge on any atom is 0.329 e. The number of urea groups is 1. The van der Waals surface area contributed by atoms with Gasteiger partial charge in [0, 0.05) is 13.1 Å². The van der Waals surface area contributed by atoms with E-state index in [0.717, 1.165) is 6.42 Å². The average molecular weight is 226 g/mol. The number of nitrogens with zero attached hydrogens (tertiary/aromatic N) is 1. The first kappa shape index (κ1) is 12.5. The van der Waals surface area contributed by atoms with Crippen LogP contribution in [0.15, 0.2) is 12.7 Å². The Morgan fingerprint density at radius 1 is 1.56 bits per heavy atom. The van der Waals surface area contributed by atoms with Crippen molar-refractivity contribution in [2.45, 2.75) is 31.7 Å². The van der Waals surface area contributed by atoms with E-state index in [0.29, 0.717) is 25.9 Å². The van der Waals surface area contributed by atoms with E-state index in [-0.39, 0.29) is 6.03 Å². The van der Waals surface area contributed by atoms with Crippen molar-refractivity contribution in [3.8, 4) is 0 Å². The van der Waals surface area contributed by atoms with Crippen LogP contribution in [0.1, 0.15) is 26.2 Å². The number of aliphatic carboxylic acids is 1. The van der Waals surface area contributed by atoms with Crippen molar-refractivity contribution in [2.75, 3.05) is 13.1 Å². The largest absolute Gasteiger partial charge is 0.480 e. The minimum atomic E-state index is -1.04. The fraction of sp³-hybridized carbons (Fsp3) is 0.636. The van der Waals surface area contributed by atoms with Crippen molar-refractivity contribution in [1.29, 1.82) is 0 Å². The van der Waals surface area contributed by atoms with Crippen molar-refractivity contribution < 1.29 is 14.7 Å². The van der Waals surface area contributed by atoms with Gasteiger partial charge in [0.05, 0.1) is 0 Å². The number of hydrogen-bond acceptors (Lipinski definition) is 2. The first-order valence-electron chi connectivity index (χ1n) is 5.47. The summed E-state index contributed by atoms with van der Waals surface area (Å²) in [5, 5.41) is 11.7. The number of hydrogen-bond donors (Lipinski definition) is 2. The van der Waals surface area contributed by atoms with Crippen LogP contribution in [0.3, 0.4) is 0 Å². The van der Waals surface area contributed by atoms with Gasteiger partial charge in [-0.25, -0.2) is 9.59 Å². The van der Waals surface area contributed by atoms with Gasteiger partial charge in [-0.1, -0.05) is 6.08 Å². The van der Waals surface area contributed by atoms with Gasteiger partial charge in [0.25, 0.3) is 0 Å². The zero-order chi connectivity index (χ0) is 12.2. The Morgan fingerprint density at radius 3 is 2.50 bits per heavy atom. The summed E-state index contributed by atoms with van der Waals surface area (Å²) in [6, 6.07) is -0.329. The van der Waals surface area contributed by atoms with Gasteiger partial charge in [-0.3, -0.25) is 0 Å². The summed E-state index contributed by atoms with van der Waals surface area (Å²) in [6.45, 7) is 6.37. The second-order valence-corrected chi connectivity index (χ2v) is 4.00. The molecule has 0 saturated heterocycles. The maximum atomic E-state index is 11.8. The van der Waals surface area contributed by atoms with E-state index >= 15 is 0 Å². The molecule has 0 aromatic heterocycles. The van der Waals surface area contributed by atoms with Crippen molar-refractivity contribution in [1.82, 2.24) is 10.2 Å². The number of carboxylic acids is 1. The van der Waals surface area contributed by atoms with Crippen LogP contribution in [0, 0.1) is 0 Å². The third-order valence-electron chi connectivity index (χ3n) is 2.98. The number of carboxylic acid groups (broad SMARTS) is 1. The lowest BCUT2D eigenvalue weighted by Crippen LogP contribution is -2.61. The van der Waals surface area contributed by atoms with Gasteiger partial charge < -0.3 is 15.3 Å². The number of carbonyl (C=O) groups is 2. The van der Waals surface area contributed by atoms with E-state index in [1.165, 1.54) is 4.90 Å². The minimum absolute atomic E-state index is 0.329. The van der Waals surface area contributed by atoms with E-state index in [1.807, 2.05) is 6.92 Å². The lowest BCUT2D eigenvalue weighted by molar-refractivity contribution is -0.148.